The Kier molecular flexibility index (Phi) is 3.78. The molecular formula is C12H20N4O. The molecule has 0 amide bonds. The van der Waals surface area contributed by atoms with Crippen LogP contribution in [0.4, 0.5) is 11.6 Å². The average Bonchev–Trinajstić information content (AvgIpc) is 2.28. The molecule has 0 spiro atoms. The van der Waals surface area contributed by atoms with Gasteiger partial charge in [0.15, 0.2) is 0 Å². The molecule has 1 aliphatic heterocycles. The van der Waals surface area contributed by atoms with Crippen LogP contribution in [0.2, 0.25) is 0 Å². The summed E-state index contributed by atoms with van der Waals surface area (Å²) in [7, 11) is 0. The highest BCUT2D eigenvalue weighted by Crippen LogP contribution is 2.21. The highest BCUT2D eigenvalue weighted by atomic mass is 16.5. The molecule has 5 heteroatoms. The third-order valence-electron chi connectivity index (χ3n) is 3.21. The van der Waals surface area contributed by atoms with E-state index in [-0.39, 0.29) is 0 Å². The van der Waals surface area contributed by atoms with E-state index in [0.717, 1.165) is 31.9 Å². The van der Waals surface area contributed by atoms with Crippen LogP contribution < -0.4 is 11.1 Å². The lowest BCUT2D eigenvalue weighted by atomic mass is 9.93. The fourth-order valence-electron chi connectivity index (χ4n) is 2.23. The second-order valence-corrected chi connectivity index (χ2v) is 4.61. The van der Waals surface area contributed by atoms with Gasteiger partial charge in [0.2, 0.25) is 0 Å². The zero-order chi connectivity index (χ0) is 12.3. The van der Waals surface area contributed by atoms with Crippen molar-refractivity contribution >= 4 is 11.6 Å². The van der Waals surface area contributed by atoms with Crippen molar-refractivity contribution in [2.24, 2.45) is 5.92 Å². The number of rotatable bonds is 3. The fourth-order valence-corrected chi connectivity index (χ4v) is 2.23. The molecule has 0 aromatic carbocycles. The minimum absolute atomic E-state index is 0.382. The van der Waals surface area contributed by atoms with Gasteiger partial charge in [0.25, 0.3) is 0 Å². The zero-order valence-electron chi connectivity index (χ0n) is 10.4. The van der Waals surface area contributed by atoms with Crippen molar-refractivity contribution in [3.63, 3.8) is 0 Å². The minimum atomic E-state index is 0.382. The molecule has 2 rings (SSSR count). The summed E-state index contributed by atoms with van der Waals surface area (Å²) in [6.45, 7) is 5.76. The van der Waals surface area contributed by atoms with E-state index < -0.39 is 0 Å². The first-order valence-electron chi connectivity index (χ1n) is 6.10. The number of nitrogens with two attached hydrogens (primary N) is 1. The summed E-state index contributed by atoms with van der Waals surface area (Å²) in [5.74, 6) is 2.67. The standard InChI is InChI=1S/C12H20N4O/c1-8(10-3-5-17-6-4-10)14-12-7-11(13)15-9(2)16-12/h7-8,10H,3-6H2,1-2H3,(H3,13,14,15,16). The van der Waals surface area contributed by atoms with E-state index in [1.165, 1.54) is 0 Å². The van der Waals surface area contributed by atoms with Gasteiger partial charge in [0.05, 0.1) is 0 Å². The number of nitrogen functional groups attached to an aromatic ring is 1. The van der Waals surface area contributed by atoms with Gasteiger partial charge in [0, 0.05) is 25.3 Å². The fraction of sp³-hybridized carbons (Fsp3) is 0.667. The molecule has 0 saturated carbocycles. The van der Waals surface area contributed by atoms with E-state index in [1.807, 2.05) is 6.92 Å². The maximum absolute atomic E-state index is 5.70. The van der Waals surface area contributed by atoms with Crippen molar-refractivity contribution in [2.75, 3.05) is 24.3 Å². The summed E-state index contributed by atoms with van der Waals surface area (Å²) in [6.07, 6.45) is 2.21. The molecule has 1 aromatic rings. The molecule has 1 saturated heterocycles. The number of ether oxygens (including phenoxy) is 1. The number of hydrogen-bond donors (Lipinski definition) is 2. The van der Waals surface area contributed by atoms with Crippen molar-refractivity contribution in [3.05, 3.63) is 11.9 Å². The van der Waals surface area contributed by atoms with Crippen molar-refractivity contribution in [1.29, 1.82) is 0 Å². The van der Waals surface area contributed by atoms with Gasteiger partial charge in [0.1, 0.15) is 17.5 Å². The molecular weight excluding hydrogens is 216 g/mol. The number of aromatic nitrogens is 2. The van der Waals surface area contributed by atoms with Crippen LogP contribution in [-0.4, -0.2) is 29.2 Å². The van der Waals surface area contributed by atoms with Crippen molar-refractivity contribution in [2.45, 2.75) is 32.7 Å². The largest absolute Gasteiger partial charge is 0.384 e. The van der Waals surface area contributed by atoms with Crippen LogP contribution in [0, 0.1) is 12.8 Å². The van der Waals surface area contributed by atoms with Crippen molar-refractivity contribution in [1.82, 2.24) is 9.97 Å². The van der Waals surface area contributed by atoms with Crippen molar-refractivity contribution < 1.29 is 4.74 Å². The normalized spacial score (nSPS) is 18.9. The van der Waals surface area contributed by atoms with Gasteiger partial charge < -0.3 is 15.8 Å². The molecule has 3 N–H and O–H groups in total. The predicted octanol–water partition coefficient (Wildman–Crippen LogP) is 1.59. The number of nitrogens with one attached hydrogen (secondary N) is 1. The monoisotopic (exact) mass is 236 g/mol. The second-order valence-electron chi connectivity index (χ2n) is 4.61. The van der Waals surface area contributed by atoms with Crippen molar-refractivity contribution in [3.8, 4) is 0 Å². The Morgan fingerprint density at radius 1 is 1.41 bits per heavy atom. The SMILES string of the molecule is Cc1nc(N)cc(NC(C)C2CCOCC2)n1. The molecule has 1 aliphatic rings. The highest BCUT2D eigenvalue weighted by Gasteiger charge is 2.20. The maximum atomic E-state index is 5.70. The van der Waals surface area contributed by atoms with Gasteiger partial charge in [-0.15, -0.1) is 0 Å². The predicted molar refractivity (Wildman–Crippen MR) is 67.8 cm³/mol. The Bertz CT molecular complexity index is 357. The number of aryl methyl sites for hydroxylation is 1. The quantitative estimate of drug-likeness (QED) is 0.833. The molecule has 0 radical (unpaired) electrons. The van der Waals surface area contributed by atoms with Crippen LogP contribution >= 0.6 is 0 Å². The van der Waals surface area contributed by atoms with Crippen LogP contribution in [0.3, 0.4) is 0 Å². The molecule has 2 heterocycles. The van der Waals surface area contributed by atoms with E-state index in [1.54, 1.807) is 6.07 Å². The first kappa shape index (κ1) is 12.1. The van der Waals surface area contributed by atoms with Gasteiger partial charge in [-0.2, -0.15) is 0 Å². The van der Waals surface area contributed by atoms with Gasteiger partial charge in [-0.25, -0.2) is 9.97 Å². The first-order valence-corrected chi connectivity index (χ1v) is 6.10. The number of nitrogens with zero attached hydrogens (tertiary/aromatic N) is 2. The van der Waals surface area contributed by atoms with E-state index in [0.29, 0.717) is 23.6 Å². The smallest absolute Gasteiger partial charge is 0.132 e. The topological polar surface area (TPSA) is 73.1 Å². The van der Waals surface area contributed by atoms with Crippen LogP contribution in [0.25, 0.3) is 0 Å². The Morgan fingerprint density at radius 2 is 2.12 bits per heavy atom. The summed E-state index contributed by atoms with van der Waals surface area (Å²) in [5, 5.41) is 3.41. The first-order chi connectivity index (χ1) is 8.15. The van der Waals surface area contributed by atoms with Gasteiger partial charge in [-0.05, 0) is 32.6 Å². The van der Waals surface area contributed by atoms with Crippen LogP contribution in [0.15, 0.2) is 6.07 Å². The Hall–Kier alpha value is -1.36. The molecule has 94 valence electrons. The molecule has 1 fully saturated rings. The molecule has 1 aromatic heterocycles. The third kappa shape index (κ3) is 3.30. The molecule has 0 bridgehead atoms. The van der Waals surface area contributed by atoms with Crippen LogP contribution in [0.5, 0.6) is 0 Å². The van der Waals surface area contributed by atoms with E-state index >= 15 is 0 Å². The lowest BCUT2D eigenvalue weighted by Gasteiger charge is -2.28. The van der Waals surface area contributed by atoms with Gasteiger partial charge in [-0.1, -0.05) is 0 Å². The highest BCUT2D eigenvalue weighted by molar-refractivity contribution is 5.45. The molecule has 5 nitrogen and oxygen atoms in total. The molecule has 1 atom stereocenters. The van der Waals surface area contributed by atoms with Gasteiger partial charge in [-0.3, -0.25) is 0 Å². The lowest BCUT2D eigenvalue weighted by Crippen LogP contribution is -2.31. The zero-order valence-corrected chi connectivity index (χ0v) is 10.4. The summed E-state index contributed by atoms with van der Waals surface area (Å²) in [6, 6.07) is 2.16. The summed E-state index contributed by atoms with van der Waals surface area (Å²) in [5.41, 5.74) is 5.70. The minimum Gasteiger partial charge on any atom is -0.384 e. The maximum Gasteiger partial charge on any atom is 0.132 e. The number of anilines is 2. The molecule has 17 heavy (non-hydrogen) atoms. The van der Waals surface area contributed by atoms with Gasteiger partial charge >= 0.3 is 0 Å². The molecule has 1 unspecified atom stereocenters. The van der Waals surface area contributed by atoms with E-state index in [2.05, 4.69) is 22.2 Å². The van der Waals surface area contributed by atoms with Crippen LogP contribution in [-0.2, 0) is 4.74 Å². The molecule has 0 aliphatic carbocycles. The third-order valence-corrected chi connectivity index (χ3v) is 3.21. The average molecular weight is 236 g/mol. The second kappa shape index (κ2) is 5.31. The Labute approximate surface area is 102 Å². The van der Waals surface area contributed by atoms with E-state index in [9.17, 15) is 0 Å². The lowest BCUT2D eigenvalue weighted by molar-refractivity contribution is 0.0622. The summed E-state index contributed by atoms with van der Waals surface area (Å²) in [4.78, 5) is 8.40. The number of hydrogen-bond acceptors (Lipinski definition) is 5. The summed E-state index contributed by atoms with van der Waals surface area (Å²) < 4.78 is 5.36. The Morgan fingerprint density at radius 3 is 2.76 bits per heavy atom. The van der Waals surface area contributed by atoms with Crippen LogP contribution in [0.1, 0.15) is 25.6 Å². The van der Waals surface area contributed by atoms with E-state index in [4.69, 9.17) is 10.5 Å². The summed E-state index contributed by atoms with van der Waals surface area (Å²) >= 11 is 0. The Balaban J connectivity index is 1.99.